The fourth-order valence-corrected chi connectivity index (χ4v) is 2.64. The Kier molecular flexibility index (Phi) is 11.1. The molecular weight excluding hydrogens is 204 g/mol. The summed E-state index contributed by atoms with van der Waals surface area (Å²) < 4.78 is 0. The van der Waals surface area contributed by atoms with E-state index in [2.05, 4.69) is 34.6 Å². The van der Waals surface area contributed by atoms with E-state index < -0.39 is 0 Å². The SMILES string of the molecule is CCC(C)CCCCCCCC(C)CC(C)C. The third-order valence-electron chi connectivity index (χ3n) is 3.96. The topological polar surface area (TPSA) is 0 Å². The number of hydrogen-bond acceptors (Lipinski definition) is 0. The van der Waals surface area contributed by atoms with Gasteiger partial charge in [0.1, 0.15) is 0 Å². The van der Waals surface area contributed by atoms with E-state index in [1.54, 1.807) is 0 Å². The van der Waals surface area contributed by atoms with E-state index in [1.807, 2.05) is 0 Å². The van der Waals surface area contributed by atoms with Gasteiger partial charge in [0.05, 0.1) is 0 Å². The molecule has 0 aliphatic rings. The second-order valence-corrected chi connectivity index (χ2v) is 6.59. The van der Waals surface area contributed by atoms with Gasteiger partial charge in [0.25, 0.3) is 0 Å². The molecule has 2 unspecified atom stereocenters. The van der Waals surface area contributed by atoms with E-state index in [-0.39, 0.29) is 0 Å². The summed E-state index contributed by atoms with van der Waals surface area (Å²) in [5.41, 5.74) is 0. The van der Waals surface area contributed by atoms with Crippen molar-refractivity contribution in [2.24, 2.45) is 17.8 Å². The predicted molar refractivity (Wildman–Crippen MR) is 80.4 cm³/mol. The lowest BCUT2D eigenvalue weighted by molar-refractivity contribution is 0.395. The summed E-state index contributed by atoms with van der Waals surface area (Å²) in [5.74, 6) is 2.76. The molecule has 0 saturated heterocycles. The largest absolute Gasteiger partial charge is 0.0651 e. The molecule has 0 fully saturated rings. The first-order valence-corrected chi connectivity index (χ1v) is 8.06. The molecule has 0 saturated carbocycles. The first-order valence-electron chi connectivity index (χ1n) is 8.06. The Morgan fingerprint density at radius 2 is 1.12 bits per heavy atom. The number of hydrogen-bond donors (Lipinski definition) is 0. The minimum Gasteiger partial charge on any atom is -0.0651 e. The third kappa shape index (κ3) is 12.2. The van der Waals surface area contributed by atoms with Crippen molar-refractivity contribution >= 4 is 0 Å². The summed E-state index contributed by atoms with van der Waals surface area (Å²) in [6, 6.07) is 0. The molecule has 0 aliphatic carbocycles. The maximum atomic E-state index is 2.42. The Morgan fingerprint density at radius 3 is 1.59 bits per heavy atom. The molecule has 0 radical (unpaired) electrons. The van der Waals surface area contributed by atoms with Gasteiger partial charge in [0.2, 0.25) is 0 Å². The second kappa shape index (κ2) is 11.1. The first-order chi connectivity index (χ1) is 8.06. The van der Waals surface area contributed by atoms with Crippen molar-refractivity contribution in [3.05, 3.63) is 0 Å². The van der Waals surface area contributed by atoms with Crippen LogP contribution in [0.1, 0.15) is 92.4 Å². The minimum atomic E-state index is 0.875. The number of unbranched alkanes of at least 4 members (excludes halogenated alkanes) is 4. The monoisotopic (exact) mass is 240 g/mol. The van der Waals surface area contributed by atoms with E-state index in [0.29, 0.717) is 0 Å². The van der Waals surface area contributed by atoms with Crippen LogP contribution in [0.3, 0.4) is 0 Å². The van der Waals surface area contributed by atoms with Crippen molar-refractivity contribution in [1.82, 2.24) is 0 Å². The lowest BCUT2D eigenvalue weighted by atomic mass is 9.93. The second-order valence-electron chi connectivity index (χ2n) is 6.59. The average Bonchev–Trinajstić information content (AvgIpc) is 2.26. The van der Waals surface area contributed by atoms with Gasteiger partial charge in [-0.15, -0.1) is 0 Å². The van der Waals surface area contributed by atoms with Crippen LogP contribution in [0.15, 0.2) is 0 Å². The van der Waals surface area contributed by atoms with Crippen LogP contribution in [-0.4, -0.2) is 0 Å². The summed E-state index contributed by atoms with van der Waals surface area (Å²) in [4.78, 5) is 0. The third-order valence-corrected chi connectivity index (χ3v) is 3.96. The summed E-state index contributed by atoms with van der Waals surface area (Å²) in [6.45, 7) is 11.8. The van der Waals surface area contributed by atoms with Crippen LogP contribution in [0, 0.1) is 17.8 Å². The summed E-state index contributed by atoms with van der Waals surface area (Å²) >= 11 is 0. The zero-order valence-corrected chi connectivity index (χ0v) is 13.1. The van der Waals surface area contributed by atoms with Gasteiger partial charge in [-0.25, -0.2) is 0 Å². The van der Waals surface area contributed by atoms with E-state index in [0.717, 1.165) is 17.8 Å². The molecule has 0 nitrogen and oxygen atoms in total. The van der Waals surface area contributed by atoms with Crippen LogP contribution in [0.2, 0.25) is 0 Å². The number of rotatable bonds is 11. The maximum absolute atomic E-state index is 2.42. The predicted octanol–water partition coefficient (Wildman–Crippen LogP) is 6.45. The molecular formula is C17H36. The molecule has 2 atom stereocenters. The molecule has 0 aromatic heterocycles. The molecule has 0 rings (SSSR count). The lowest BCUT2D eigenvalue weighted by Gasteiger charge is -2.13. The molecule has 104 valence electrons. The van der Waals surface area contributed by atoms with Crippen LogP contribution in [-0.2, 0) is 0 Å². The molecule has 0 heteroatoms. The molecule has 0 N–H and O–H groups in total. The van der Waals surface area contributed by atoms with Crippen LogP contribution in [0.4, 0.5) is 0 Å². The fraction of sp³-hybridized carbons (Fsp3) is 1.00. The van der Waals surface area contributed by atoms with E-state index in [4.69, 9.17) is 0 Å². The summed E-state index contributed by atoms with van der Waals surface area (Å²) in [7, 11) is 0. The zero-order chi connectivity index (χ0) is 13.1. The molecule has 0 aliphatic heterocycles. The molecule has 0 aromatic rings. The van der Waals surface area contributed by atoms with Gasteiger partial charge >= 0.3 is 0 Å². The lowest BCUT2D eigenvalue weighted by Crippen LogP contribution is -1.99. The van der Waals surface area contributed by atoms with Crippen molar-refractivity contribution in [2.45, 2.75) is 92.4 Å². The standard InChI is InChI=1S/C17H36/c1-6-16(4)12-10-8-7-9-11-13-17(5)14-15(2)3/h15-17H,6-14H2,1-5H3. The van der Waals surface area contributed by atoms with Crippen LogP contribution in [0.25, 0.3) is 0 Å². The van der Waals surface area contributed by atoms with Gasteiger partial charge in [0, 0.05) is 0 Å². The Morgan fingerprint density at radius 1 is 0.647 bits per heavy atom. The van der Waals surface area contributed by atoms with Gasteiger partial charge in [-0.05, 0) is 24.2 Å². The Balaban J connectivity index is 3.18. The van der Waals surface area contributed by atoms with Gasteiger partial charge in [-0.1, -0.05) is 86.0 Å². The van der Waals surface area contributed by atoms with E-state index in [1.165, 1.54) is 57.8 Å². The maximum Gasteiger partial charge on any atom is -0.0440 e. The van der Waals surface area contributed by atoms with Crippen molar-refractivity contribution in [3.8, 4) is 0 Å². The smallest absolute Gasteiger partial charge is 0.0440 e. The molecule has 0 heterocycles. The van der Waals surface area contributed by atoms with Crippen molar-refractivity contribution in [3.63, 3.8) is 0 Å². The molecule has 0 spiro atoms. The van der Waals surface area contributed by atoms with Crippen molar-refractivity contribution in [2.75, 3.05) is 0 Å². The molecule has 17 heavy (non-hydrogen) atoms. The Labute approximate surface area is 111 Å². The fourth-order valence-electron chi connectivity index (χ4n) is 2.64. The summed E-state index contributed by atoms with van der Waals surface area (Å²) in [6.07, 6.45) is 13.0. The van der Waals surface area contributed by atoms with E-state index in [9.17, 15) is 0 Å². The van der Waals surface area contributed by atoms with Gasteiger partial charge in [0.15, 0.2) is 0 Å². The quantitative estimate of drug-likeness (QED) is 0.364. The Hall–Kier alpha value is 0. The average molecular weight is 240 g/mol. The molecule has 0 amide bonds. The normalized spacial score (nSPS) is 15.2. The highest BCUT2D eigenvalue weighted by Gasteiger charge is 2.04. The summed E-state index contributed by atoms with van der Waals surface area (Å²) in [5, 5.41) is 0. The van der Waals surface area contributed by atoms with Crippen molar-refractivity contribution in [1.29, 1.82) is 0 Å². The van der Waals surface area contributed by atoms with Crippen molar-refractivity contribution < 1.29 is 0 Å². The van der Waals surface area contributed by atoms with Crippen LogP contribution in [0.5, 0.6) is 0 Å². The first kappa shape index (κ1) is 17.0. The zero-order valence-electron chi connectivity index (χ0n) is 13.1. The van der Waals surface area contributed by atoms with Gasteiger partial charge < -0.3 is 0 Å². The minimum absolute atomic E-state index is 0.875. The highest BCUT2D eigenvalue weighted by Crippen LogP contribution is 2.19. The van der Waals surface area contributed by atoms with Crippen LogP contribution < -0.4 is 0 Å². The van der Waals surface area contributed by atoms with Crippen LogP contribution >= 0.6 is 0 Å². The van der Waals surface area contributed by atoms with Gasteiger partial charge in [-0.2, -0.15) is 0 Å². The van der Waals surface area contributed by atoms with E-state index >= 15 is 0 Å². The highest BCUT2D eigenvalue weighted by molar-refractivity contribution is 4.57. The molecule has 0 aromatic carbocycles. The van der Waals surface area contributed by atoms with Gasteiger partial charge in [-0.3, -0.25) is 0 Å². The molecule has 0 bridgehead atoms. The Bertz CT molecular complexity index is 148. The highest BCUT2D eigenvalue weighted by atomic mass is 14.1.